The molecule has 0 bridgehead atoms. The molecule has 0 spiro atoms. The van der Waals surface area contributed by atoms with Gasteiger partial charge in [-0.1, -0.05) is 34.9 Å². The average molecular weight is 387 g/mol. The average Bonchev–Trinajstić information content (AvgIpc) is 3.33. The molecular weight excluding hydrogens is 352 g/mol. The second-order valence-corrected chi connectivity index (χ2v) is 8.37. The van der Waals surface area contributed by atoms with Crippen LogP contribution < -0.4 is 0 Å². The van der Waals surface area contributed by atoms with Crippen LogP contribution >= 0.6 is 0 Å². The van der Waals surface area contributed by atoms with E-state index in [0.29, 0.717) is 6.42 Å². The van der Waals surface area contributed by atoms with Gasteiger partial charge in [-0.3, -0.25) is 9.59 Å². The van der Waals surface area contributed by atoms with Gasteiger partial charge < -0.3 is 9.47 Å². The van der Waals surface area contributed by atoms with Crippen molar-refractivity contribution in [1.29, 1.82) is 0 Å². The summed E-state index contributed by atoms with van der Waals surface area (Å²) in [7, 11) is 0. The quantitative estimate of drug-likeness (QED) is 0.303. The highest BCUT2D eigenvalue weighted by Crippen LogP contribution is 2.49. The fourth-order valence-corrected chi connectivity index (χ4v) is 3.61. The van der Waals surface area contributed by atoms with Crippen LogP contribution in [0.25, 0.3) is 0 Å². The van der Waals surface area contributed by atoms with Crippen molar-refractivity contribution in [3.8, 4) is 0 Å². The molecule has 0 N–H and O–H groups in total. The molecule has 0 aromatic carbocycles. The van der Waals surface area contributed by atoms with Gasteiger partial charge >= 0.3 is 5.97 Å². The maximum atomic E-state index is 12.5. The summed E-state index contributed by atoms with van der Waals surface area (Å²) in [6.07, 6.45) is 12.2. The number of esters is 1. The Bertz CT molecular complexity index is 734. The Morgan fingerprint density at radius 2 is 1.68 bits per heavy atom. The van der Waals surface area contributed by atoms with Gasteiger partial charge in [0.1, 0.15) is 6.10 Å². The zero-order valence-corrected chi connectivity index (χ0v) is 18.1. The summed E-state index contributed by atoms with van der Waals surface area (Å²) < 4.78 is 11.1. The predicted octanol–water partition coefficient (Wildman–Crippen LogP) is 5.39. The molecule has 28 heavy (non-hydrogen) atoms. The molecule has 1 aliphatic heterocycles. The molecule has 1 aliphatic carbocycles. The van der Waals surface area contributed by atoms with Crippen molar-refractivity contribution in [2.75, 3.05) is 0 Å². The van der Waals surface area contributed by atoms with E-state index in [2.05, 4.69) is 45.9 Å². The Morgan fingerprint density at radius 1 is 1.07 bits per heavy atom. The summed E-state index contributed by atoms with van der Waals surface area (Å²) in [5.41, 5.74) is 3.95. The molecule has 0 unspecified atom stereocenters. The molecule has 0 aromatic rings. The molecule has 1 heterocycles. The maximum Gasteiger partial charge on any atom is 0.303 e. The van der Waals surface area contributed by atoms with Crippen molar-refractivity contribution < 1.29 is 19.1 Å². The van der Waals surface area contributed by atoms with Gasteiger partial charge in [0.25, 0.3) is 0 Å². The van der Waals surface area contributed by atoms with Gasteiger partial charge in [0.05, 0.1) is 0 Å². The Hall–Kier alpha value is -1.94. The Kier molecular flexibility index (Phi) is 7.59. The second kappa shape index (κ2) is 9.51. The van der Waals surface area contributed by atoms with E-state index in [1.807, 2.05) is 6.92 Å². The molecular formula is C24H34O4. The first-order valence-corrected chi connectivity index (χ1v) is 10.2. The zero-order valence-electron chi connectivity index (χ0n) is 18.1. The van der Waals surface area contributed by atoms with Crippen LogP contribution in [0.5, 0.6) is 0 Å². The first-order valence-electron chi connectivity index (χ1n) is 10.2. The Labute approximate surface area is 169 Å². The number of carbonyl (C=O) groups excluding carboxylic acids is 2. The third kappa shape index (κ3) is 5.78. The van der Waals surface area contributed by atoms with Gasteiger partial charge in [0, 0.05) is 13.3 Å². The van der Waals surface area contributed by atoms with Gasteiger partial charge in [-0.15, -0.1) is 0 Å². The van der Waals surface area contributed by atoms with Crippen LogP contribution in [-0.4, -0.2) is 29.6 Å². The Morgan fingerprint density at radius 3 is 2.29 bits per heavy atom. The summed E-state index contributed by atoms with van der Waals surface area (Å²) in [6, 6.07) is 0. The van der Waals surface area contributed by atoms with E-state index >= 15 is 0 Å². The van der Waals surface area contributed by atoms with Gasteiger partial charge in [-0.25, -0.2) is 0 Å². The maximum absolute atomic E-state index is 12.5. The van der Waals surface area contributed by atoms with Crippen LogP contribution in [0.3, 0.4) is 0 Å². The van der Waals surface area contributed by atoms with E-state index in [-0.39, 0.29) is 17.9 Å². The number of hydrogen-bond donors (Lipinski definition) is 0. The van der Waals surface area contributed by atoms with Gasteiger partial charge in [0.2, 0.25) is 0 Å². The largest absolute Gasteiger partial charge is 0.455 e. The summed E-state index contributed by atoms with van der Waals surface area (Å²) >= 11 is 0. The van der Waals surface area contributed by atoms with Crippen molar-refractivity contribution in [2.24, 2.45) is 0 Å². The highest BCUT2D eigenvalue weighted by molar-refractivity contribution is 6.02. The molecule has 2 aliphatic rings. The van der Waals surface area contributed by atoms with E-state index < -0.39 is 11.7 Å². The number of epoxide rings is 1. The van der Waals surface area contributed by atoms with Gasteiger partial charge in [-0.2, -0.15) is 0 Å². The van der Waals surface area contributed by atoms with Crippen molar-refractivity contribution in [3.63, 3.8) is 0 Å². The first kappa shape index (κ1) is 22.4. The number of allylic oxidation sites excluding steroid dienone is 5. The van der Waals surface area contributed by atoms with E-state index in [9.17, 15) is 9.59 Å². The number of ether oxygens (including phenoxy) is 2. The molecule has 3 atom stereocenters. The molecule has 4 heteroatoms. The lowest BCUT2D eigenvalue weighted by Crippen LogP contribution is -2.38. The monoisotopic (exact) mass is 386 g/mol. The minimum atomic E-state index is -0.836. The van der Waals surface area contributed by atoms with Crippen LogP contribution in [-0.2, 0) is 19.1 Å². The summed E-state index contributed by atoms with van der Waals surface area (Å²) in [5.74, 6) is -0.368. The highest BCUT2D eigenvalue weighted by Gasteiger charge is 2.67. The standard InChI is InChI=1S/C24H34O4/c1-16(2)9-7-10-17(3)11-8-12-18(4)13-14-24-21(26)15-19(5)22(23(24)28-24)27-20(6)25/h9,11,13,15,22-23H,7-8,10,12,14H2,1-6H3/t22-,23-,24+/m1/s1. The lowest BCUT2D eigenvalue weighted by atomic mass is 9.84. The molecule has 2 rings (SSSR count). The number of hydrogen-bond acceptors (Lipinski definition) is 4. The topological polar surface area (TPSA) is 55.9 Å². The van der Waals surface area contributed by atoms with Gasteiger partial charge in [0.15, 0.2) is 17.5 Å². The van der Waals surface area contributed by atoms with Crippen molar-refractivity contribution in [3.05, 3.63) is 46.6 Å². The normalized spacial score (nSPS) is 27.1. The predicted molar refractivity (Wildman–Crippen MR) is 112 cm³/mol. The molecule has 154 valence electrons. The molecule has 4 nitrogen and oxygen atoms in total. The van der Waals surface area contributed by atoms with Crippen LogP contribution in [0.2, 0.25) is 0 Å². The fourth-order valence-electron chi connectivity index (χ4n) is 3.61. The van der Waals surface area contributed by atoms with Crippen LogP contribution in [0.1, 0.15) is 73.6 Å². The lowest BCUT2D eigenvalue weighted by Gasteiger charge is -2.22. The van der Waals surface area contributed by atoms with Crippen LogP contribution in [0.4, 0.5) is 0 Å². The number of fused-ring (bicyclic) bond motifs is 1. The van der Waals surface area contributed by atoms with Crippen molar-refractivity contribution in [1.82, 2.24) is 0 Å². The fraction of sp³-hybridized carbons (Fsp3) is 0.583. The lowest BCUT2D eigenvalue weighted by molar-refractivity contribution is -0.145. The van der Waals surface area contributed by atoms with Crippen molar-refractivity contribution in [2.45, 2.75) is 91.5 Å². The molecule has 0 radical (unpaired) electrons. The molecule has 1 fully saturated rings. The summed E-state index contributed by atoms with van der Waals surface area (Å²) in [4.78, 5) is 23.8. The smallest absolute Gasteiger partial charge is 0.303 e. The Balaban J connectivity index is 1.87. The summed E-state index contributed by atoms with van der Waals surface area (Å²) in [6.45, 7) is 11.7. The zero-order chi connectivity index (χ0) is 20.9. The van der Waals surface area contributed by atoms with Crippen LogP contribution in [0.15, 0.2) is 46.6 Å². The third-order valence-electron chi connectivity index (χ3n) is 5.41. The molecule has 1 saturated heterocycles. The van der Waals surface area contributed by atoms with E-state index in [1.54, 1.807) is 6.08 Å². The van der Waals surface area contributed by atoms with E-state index in [4.69, 9.17) is 9.47 Å². The molecule has 0 saturated carbocycles. The molecule has 0 amide bonds. The third-order valence-corrected chi connectivity index (χ3v) is 5.41. The molecule has 0 aromatic heterocycles. The highest BCUT2D eigenvalue weighted by atomic mass is 16.7. The van der Waals surface area contributed by atoms with E-state index in [0.717, 1.165) is 31.3 Å². The van der Waals surface area contributed by atoms with E-state index in [1.165, 1.54) is 23.6 Å². The minimum Gasteiger partial charge on any atom is -0.455 e. The second-order valence-electron chi connectivity index (χ2n) is 8.37. The number of carbonyl (C=O) groups is 2. The minimum absolute atomic E-state index is 0.0162. The van der Waals surface area contributed by atoms with Gasteiger partial charge in [-0.05, 0) is 72.0 Å². The van der Waals surface area contributed by atoms with Crippen molar-refractivity contribution >= 4 is 11.8 Å². The first-order chi connectivity index (χ1) is 13.2. The summed E-state index contributed by atoms with van der Waals surface area (Å²) in [5, 5.41) is 0. The SMILES string of the molecule is CC(=O)O[C@@H]1C(C)=CC(=O)[C@]2(CC=C(C)CCC=C(C)CCC=C(C)C)O[C@H]12. The number of rotatable bonds is 9. The van der Waals surface area contributed by atoms with Crippen LogP contribution in [0, 0.1) is 0 Å². The number of ketones is 1.